The second-order valence-electron chi connectivity index (χ2n) is 4.82. The van der Waals surface area contributed by atoms with Crippen LogP contribution in [0.2, 0.25) is 0 Å². The van der Waals surface area contributed by atoms with E-state index < -0.39 is 0 Å². The summed E-state index contributed by atoms with van der Waals surface area (Å²) >= 11 is 0. The van der Waals surface area contributed by atoms with Crippen molar-refractivity contribution < 1.29 is 9.59 Å². The van der Waals surface area contributed by atoms with E-state index in [1.807, 2.05) is 12.1 Å². The Balaban J connectivity index is 2.05. The summed E-state index contributed by atoms with van der Waals surface area (Å²) in [6.07, 6.45) is 2.59. The minimum absolute atomic E-state index is 0.0646. The molecule has 4 nitrogen and oxygen atoms in total. The molecule has 1 aromatic rings. The highest BCUT2D eigenvalue weighted by molar-refractivity contribution is 6.16. The zero-order valence-corrected chi connectivity index (χ0v) is 10.2. The number of piperidine rings is 1. The summed E-state index contributed by atoms with van der Waals surface area (Å²) in [4.78, 5) is 25.3. The van der Waals surface area contributed by atoms with E-state index in [-0.39, 0.29) is 11.8 Å². The van der Waals surface area contributed by atoms with Gasteiger partial charge in [0.25, 0.3) is 0 Å². The molecule has 0 bridgehead atoms. The predicted molar refractivity (Wildman–Crippen MR) is 68.2 cm³/mol. The molecule has 0 aromatic heterocycles. The van der Waals surface area contributed by atoms with Gasteiger partial charge in [0.05, 0.1) is 5.69 Å². The molecule has 94 valence electrons. The number of hydrogen-bond acceptors (Lipinski definition) is 3. The quantitative estimate of drug-likeness (QED) is 0.759. The lowest BCUT2D eigenvalue weighted by molar-refractivity contribution is -0.129. The van der Waals surface area contributed by atoms with Crippen LogP contribution in [0.25, 0.3) is 0 Å². The Bertz CT molecular complexity index is 495. The molecule has 1 saturated heterocycles. The van der Waals surface area contributed by atoms with Crippen molar-refractivity contribution in [1.82, 2.24) is 5.32 Å². The molecule has 2 amide bonds. The second-order valence-corrected chi connectivity index (χ2v) is 4.82. The number of nitrogens with zero attached hydrogens (tertiary/aromatic N) is 1. The normalized spacial score (nSPS) is 19.9. The van der Waals surface area contributed by atoms with Gasteiger partial charge in [-0.2, -0.15) is 0 Å². The molecule has 4 heteroatoms. The van der Waals surface area contributed by atoms with Crippen LogP contribution in [0, 0.1) is 0 Å². The fourth-order valence-corrected chi connectivity index (χ4v) is 2.73. The maximum atomic E-state index is 12.0. The largest absolute Gasteiger partial charge is 0.312 e. The average molecular weight is 244 g/mol. The highest BCUT2D eigenvalue weighted by Gasteiger charge is 2.29. The molecule has 3 rings (SSSR count). The third-order valence-electron chi connectivity index (χ3n) is 3.64. The van der Waals surface area contributed by atoms with Crippen molar-refractivity contribution in [1.29, 1.82) is 0 Å². The van der Waals surface area contributed by atoms with Crippen LogP contribution in [-0.2, 0) is 22.6 Å². The van der Waals surface area contributed by atoms with Gasteiger partial charge in [-0.3, -0.25) is 14.5 Å². The van der Waals surface area contributed by atoms with Gasteiger partial charge in [-0.05, 0) is 36.6 Å². The van der Waals surface area contributed by atoms with Crippen LogP contribution in [0.5, 0.6) is 0 Å². The Morgan fingerprint density at radius 2 is 1.83 bits per heavy atom. The van der Waals surface area contributed by atoms with E-state index in [9.17, 15) is 9.59 Å². The van der Waals surface area contributed by atoms with Gasteiger partial charge in [-0.15, -0.1) is 0 Å². The number of rotatable bonds is 1. The summed E-state index contributed by atoms with van der Waals surface area (Å²) in [6, 6.07) is 5.90. The van der Waals surface area contributed by atoms with Crippen LogP contribution in [0.4, 0.5) is 5.69 Å². The minimum atomic E-state index is -0.0646. The lowest BCUT2D eigenvalue weighted by atomic mass is 9.97. The van der Waals surface area contributed by atoms with Gasteiger partial charge in [0, 0.05) is 19.4 Å². The van der Waals surface area contributed by atoms with Crippen molar-refractivity contribution in [2.45, 2.75) is 32.2 Å². The molecule has 2 aliphatic heterocycles. The number of amides is 2. The number of imide groups is 1. The number of carbonyl (C=O) groups is 2. The van der Waals surface area contributed by atoms with Gasteiger partial charge in [0.15, 0.2) is 0 Å². The number of nitrogens with one attached hydrogen (secondary N) is 1. The first-order chi connectivity index (χ1) is 8.77. The molecular formula is C14H16N2O2. The first kappa shape index (κ1) is 11.4. The highest BCUT2D eigenvalue weighted by atomic mass is 16.2. The fourth-order valence-electron chi connectivity index (χ4n) is 2.73. The Hall–Kier alpha value is -1.68. The van der Waals surface area contributed by atoms with Crippen LogP contribution in [0.15, 0.2) is 18.2 Å². The van der Waals surface area contributed by atoms with Crippen molar-refractivity contribution >= 4 is 17.5 Å². The lowest BCUT2D eigenvalue weighted by Crippen LogP contribution is -2.41. The van der Waals surface area contributed by atoms with Gasteiger partial charge < -0.3 is 5.32 Å². The van der Waals surface area contributed by atoms with Crippen LogP contribution in [0.3, 0.4) is 0 Å². The minimum Gasteiger partial charge on any atom is -0.312 e. The topological polar surface area (TPSA) is 49.4 Å². The Kier molecular flexibility index (Phi) is 2.88. The van der Waals surface area contributed by atoms with Crippen LogP contribution < -0.4 is 10.2 Å². The summed E-state index contributed by atoms with van der Waals surface area (Å²) in [5.41, 5.74) is 3.14. The van der Waals surface area contributed by atoms with Gasteiger partial charge in [-0.25, -0.2) is 0 Å². The molecule has 0 unspecified atom stereocenters. The van der Waals surface area contributed by atoms with Crippen LogP contribution in [0.1, 0.15) is 30.4 Å². The van der Waals surface area contributed by atoms with Gasteiger partial charge in [0.1, 0.15) is 0 Å². The monoisotopic (exact) mass is 244 g/mol. The maximum absolute atomic E-state index is 12.0. The zero-order chi connectivity index (χ0) is 12.5. The number of anilines is 1. The maximum Gasteiger partial charge on any atom is 0.233 e. The van der Waals surface area contributed by atoms with E-state index in [1.54, 1.807) is 0 Å². The molecule has 0 spiro atoms. The summed E-state index contributed by atoms with van der Waals surface area (Å²) in [5.74, 6) is -0.129. The van der Waals surface area contributed by atoms with E-state index in [2.05, 4.69) is 11.4 Å². The standard InChI is InChI=1S/C14H16N2O2/c17-13-5-2-6-14(18)16(13)12-4-1-3-10-7-8-15-9-11(10)12/h1,3-4,15H,2,5-9H2. The third-order valence-corrected chi connectivity index (χ3v) is 3.64. The van der Waals surface area contributed by atoms with Crippen molar-refractivity contribution in [2.24, 2.45) is 0 Å². The van der Waals surface area contributed by atoms with E-state index in [4.69, 9.17) is 0 Å². The summed E-state index contributed by atoms with van der Waals surface area (Å²) < 4.78 is 0. The molecular weight excluding hydrogens is 228 g/mol. The Labute approximate surface area is 106 Å². The molecule has 0 atom stereocenters. The van der Waals surface area contributed by atoms with Crippen molar-refractivity contribution in [3.8, 4) is 0 Å². The van der Waals surface area contributed by atoms with E-state index in [0.29, 0.717) is 19.3 Å². The molecule has 18 heavy (non-hydrogen) atoms. The fraction of sp³-hybridized carbons (Fsp3) is 0.429. The SMILES string of the molecule is O=C1CCCC(=O)N1c1cccc2c1CNCC2. The number of fused-ring (bicyclic) bond motifs is 1. The molecule has 1 aromatic carbocycles. The molecule has 1 fully saturated rings. The number of carbonyl (C=O) groups excluding carboxylic acids is 2. The van der Waals surface area contributed by atoms with E-state index >= 15 is 0 Å². The van der Waals surface area contributed by atoms with Gasteiger partial charge in [-0.1, -0.05) is 12.1 Å². The van der Waals surface area contributed by atoms with Crippen molar-refractivity contribution in [3.05, 3.63) is 29.3 Å². The van der Waals surface area contributed by atoms with Crippen molar-refractivity contribution in [3.63, 3.8) is 0 Å². The van der Waals surface area contributed by atoms with Gasteiger partial charge >= 0.3 is 0 Å². The molecule has 2 aliphatic rings. The number of hydrogen-bond donors (Lipinski definition) is 1. The smallest absolute Gasteiger partial charge is 0.233 e. The molecule has 0 radical (unpaired) electrons. The number of benzene rings is 1. The second kappa shape index (κ2) is 4.53. The van der Waals surface area contributed by atoms with E-state index in [0.717, 1.165) is 30.8 Å². The summed E-state index contributed by atoms with van der Waals surface area (Å²) in [6.45, 7) is 1.70. The first-order valence-corrected chi connectivity index (χ1v) is 6.44. The lowest BCUT2D eigenvalue weighted by Gasteiger charge is -2.29. The predicted octanol–water partition coefficient (Wildman–Crippen LogP) is 1.38. The summed E-state index contributed by atoms with van der Waals surface area (Å²) in [7, 11) is 0. The molecule has 2 heterocycles. The van der Waals surface area contributed by atoms with Crippen LogP contribution >= 0.6 is 0 Å². The average Bonchev–Trinajstić information content (AvgIpc) is 2.39. The van der Waals surface area contributed by atoms with Crippen LogP contribution in [-0.4, -0.2) is 18.4 Å². The Morgan fingerprint density at radius 1 is 1.06 bits per heavy atom. The van der Waals surface area contributed by atoms with E-state index in [1.165, 1.54) is 10.5 Å². The van der Waals surface area contributed by atoms with Crippen molar-refractivity contribution in [2.75, 3.05) is 11.4 Å². The molecule has 0 aliphatic carbocycles. The zero-order valence-electron chi connectivity index (χ0n) is 10.2. The summed E-state index contributed by atoms with van der Waals surface area (Å²) in [5, 5.41) is 3.30. The Morgan fingerprint density at radius 3 is 2.61 bits per heavy atom. The molecule has 0 saturated carbocycles. The third kappa shape index (κ3) is 1.82. The first-order valence-electron chi connectivity index (χ1n) is 6.44. The molecule has 1 N–H and O–H groups in total. The highest BCUT2D eigenvalue weighted by Crippen LogP contribution is 2.29. The van der Waals surface area contributed by atoms with Gasteiger partial charge in [0.2, 0.25) is 11.8 Å².